The summed E-state index contributed by atoms with van der Waals surface area (Å²) in [5, 5.41) is 12.6. The summed E-state index contributed by atoms with van der Waals surface area (Å²) >= 11 is 0. The number of hydrogen-bond acceptors (Lipinski definition) is 3. The lowest BCUT2D eigenvalue weighted by Crippen LogP contribution is -2.45. The summed E-state index contributed by atoms with van der Waals surface area (Å²) in [6, 6.07) is -0.0200. The lowest BCUT2D eigenvalue weighted by atomic mass is 9.92. The van der Waals surface area contributed by atoms with Crippen LogP contribution in [0.2, 0.25) is 0 Å². The molecule has 0 radical (unpaired) electrons. The molecule has 0 heterocycles. The van der Waals surface area contributed by atoms with Gasteiger partial charge in [-0.3, -0.25) is 4.79 Å². The topological polar surface area (TPSA) is 52.6 Å². The summed E-state index contributed by atoms with van der Waals surface area (Å²) in [5.74, 6) is 0.0506. The van der Waals surface area contributed by atoms with Crippen LogP contribution in [0.25, 0.3) is 0 Å². The van der Waals surface area contributed by atoms with Crippen LogP contribution in [0.15, 0.2) is 0 Å². The van der Waals surface area contributed by atoms with Gasteiger partial charge in [0.25, 0.3) is 0 Å². The second-order valence-electron chi connectivity index (χ2n) is 4.58. The van der Waals surface area contributed by atoms with E-state index in [0.717, 1.165) is 32.2 Å². The molecule has 0 bridgehead atoms. The Morgan fingerprint density at radius 1 is 1.40 bits per heavy atom. The van der Waals surface area contributed by atoms with Crippen LogP contribution in [0, 0.1) is 0 Å². The molecule has 0 aliphatic heterocycles. The third-order valence-electron chi connectivity index (χ3n) is 2.86. The van der Waals surface area contributed by atoms with Crippen LogP contribution in [-0.4, -0.2) is 48.7 Å². The molecule has 15 heavy (non-hydrogen) atoms. The fourth-order valence-electron chi connectivity index (χ4n) is 1.88. The Bertz CT molecular complexity index is 207. The van der Waals surface area contributed by atoms with E-state index < -0.39 is 0 Å². The van der Waals surface area contributed by atoms with Gasteiger partial charge in [0.2, 0.25) is 5.91 Å². The van der Waals surface area contributed by atoms with E-state index in [1.54, 1.807) is 0 Å². The van der Waals surface area contributed by atoms with Gasteiger partial charge in [-0.25, -0.2) is 0 Å². The minimum Gasteiger partial charge on any atom is -0.391 e. The van der Waals surface area contributed by atoms with Gasteiger partial charge in [-0.2, -0.15) is 0 Å². The molecule has 4 nitrogen and oxygen atoms in total. The maximum atomic E-state index is 11.5. The first kappa shape index (κ1) is 12.5. The Balaban J connectivity index is 2.24. The van der Waals surface area contributed by atoms with E-state index in [2.05, 4.69) is 5.32 Å². The van der Waals surface area contributed by atoms with Gasteiger partial charge in [0.1, 0.15) is 0 Å². The van der Waals surface area contributed by atoms with E-state index in [4.69, 9.17) is 0 Å². The SMILES string of the molecule is CN(C)CCC(=O)N[C@H]1CCCC[C@@H]1O. The minimum atomic E-state index is -0.345. The average Bonchev–Trinajstić information content (AvgIpc) is 2.18. The Morgan fingerprint density at radius 2 is 2.07 bits per heavy atom. The fourth-order valence-corrected chi connectivity index (χ4v) is 1.88. The first-order valence-electron chi connectivity index (χ1n) is 5.72. The quantitative estimate of drug-likeness (QED) is 0.710. The van der Waals surface area contributed by atoms with Crippen LogP contribution in [0.5, 0.6) is 0 Å². The van der Waals surface area contributed by atoms with E-state index >= 15 is 0 Å². The molecule has 1 saturated carbocycles. The molecule has 1 amide bonds. The molecule has 0 aromatic heterocycles. The normalized spacial score (nSPS) is 26.7. The van der Waals surface area contributed by atoms with Crippen molar-refractivity contribution in [1.29, 1.82) is 0 Å². The van der Waals surface area contributed by atoms with Crippen LogP contribution in [0.4, 0.5) is 0 Å². The first-order chi connectivity index (χ1) is 7.09. The van der Waals surface area contributed by atoms with Crippen LogP contribution in [0.3, 0.4) is 0 Å². The first-order valence-corrected chi connectivity index (χ1v) is 5.72. The zero-order chi connectivity index (χ0) is 11.3. The number of aliphatic hydroxyl groups excluding tert-OH is 1. The van der Waals surface area contributed by atoms with Gasteiger partial charge in [0, 0.05) is 13.0 Å². The van der Waals surface area contributed by atoms with E-state index in [9.17, 15) is 9.90 Å². The van der Waals surface area contributed by atoms with Crippen LogP contribution in [0.1, 0.15) is 32.1 Å². The molecule has 2 N–H and O–H groups in total. The third-order valence-corrected chi connectivity index (χ3v) is 2.86. The molecule has 88 valence electrons. The molecule has 0 spiro atoms. The number of rotatable bonds is 4. The summed E-state index contributed by atoms with van der Waals surface area (Å²) in [4.78, 5) is 13.5. The number of nitrogens with one attached hydrogen (secondary N) is 1. The smallest absolute Gasteiger partial charge is 0.221 e. The molecular weight excluding hydrogens is 192 g/mol. The van der Waals surface area contributed by atoms with Gasteiger partial charge < -0.3 is 15.3 Å². The molecule has 0 aromatic rings. The lowest BCUT2D eigenvalue weighted by Gasteiger charge is -2.28. The highest BCUT2D eigenvalue weighted by Gasteiger charge is 2.24. The molecule has 1 rings (SSSR count). The Labute approximate surface area is 91.6 Å². The Kier molecular flexibility index (Phi) is 5.05. The molecule has 0 saturated heterocycles. The third kappa shape index (κ3) is 4.62. The standard InChI is InChI=1S/C11H22N2O2/c1-13(2)8-7-11(15)12-9-5-3-4-6-10(9)14/h9-10,14H,3-8H2,1-2H3,(H,12,15)/t9-,10-/m0/s1. The van der Waals surface area contributed by atoms with Crippen molar-refractivity contribution in [3.8, 4) is 0 Å². The van der Waals surface area contributed by atoms with Crippen molar-refractivity contribution in [3.05, 3.63) is 0 Å². The zero-order valence-corrected chi connectivity index (χ0v) is 9.70. The highest BCUT2D eigenvalue weighted by atomic mass is 16.3. The van der Waals surface area contributed by atoms with E-state index in [0.29, 0.717) is 6.42 Å². The summed E-state index contributed by atoms with van der Waals surface area (Å²) in [5.41, 5.74) is 0. The number of aliphatic hydroxyl groups is 1. The van der Waals surface area contributed by atoms with Crippen molar-refractivity contribution in [2.24, 2.45) is 0 Å². The predicted octanol–water partition coefficient (Wildman–Crippen LogP) is 0.358. The highest BCUT2D eigenvalue weighted by Crippen LogP contribution is 2.18. The van der Waals surface area contributed by atoms with E-state index in [1.165, 1.54) is 0 Å². The second kappa shape index (κ2) is 6.08. The molecule has 1 aliphatic rings. The Hall–Kier alpha value is -0.610. The monoisotopic (exact) mass is 214 g/mol. The predicted molar refractivity (Wildman–Crippen MR) is 59.6 cm³/mol. The molecule has 0 aromatic carbocycles. The van der Waals surface area contributed by atoms with Gasteiger partial charge in [0.05, 0.1) is 12.1 Å². The van der Waals surface area contributed by atoms with Crippen LogP contribution < -0.4 is 5.32 Å². The Morgan fingerprint density at radius 3 is 2.67 bits per heavy atom. The molecule has 2 atom stereocenters. The van der Waals surface area contributed by atoms with Crippen molar-refractivity contribution in [2.75, 3.05) is 20.6 Å². The number of carbonyl (C=O) groups excluding carboxylic acids is 1. The maximum Gasteiger partial charge on any atom is 0.221 e. The highest BCUT2D eigenvalue weighted by molar-refractivity contribution is 5.76. The fraction of sp³-hybridized carbons (Fsp3) is 0.909. The summed E-state index contributed by atoms with van der Waals surface area (Å²) in [6.07, 6.45) is 4.08. The number of amides is 1. The van der Waals surface area contributed by atoms with E-state index in [1.807, 2.05) is 19.0 Å². The average molecular weight is 214 g/mol. The lowest BCUT2D eigenvalue weighted by molar-refractivity contribution is -0.123. The zero-order valence-electron chi connectivity index (χ0n) is 9.70. The van der Waals surface area contributed by atoms with Crippen molar-refractivity contribution in [3.63, 3.8) is 0 Å². The van der Waals surface area contributed by atoms with Crippen molar-refractivity contribution >= 4 is 5.91 Å². The van der Waals surface area contributed by atoms with Gasteiger partial charge >= 0.3 is 0 Å². The van der Waals surface area contributed by atoms with Gasteiger partial charge in [-0.05, 0) is 26.9 Å². The number of hydrogen-bond donors (Lipinski definition) is 2. The molecular formula is C11H22N2O2. The summed E-state index contributed by atoms with van der Waals surface area (Å²) in [6.45, 7) is 0.759. The van der Waals surface area contributed by atoms with Crippen LogP contribution >= 0.6 is 0 Å². The molecule has 4 heteroatoms. The van der Waals surface area contributed by atoms with Gasteiger partial charge in [-0.15, -0.1) is 0 Å². The minimum absolute atomic E-state index is 0.0200. The second-order valence-corrected chi connectivity index (χ2v) is 4.58. The molecule has 0 unspecified atom stereocenters. The van der Waals surface area contributed by atoms with E-state index in [-0.39, 0.29) is 18.1 Å². The van der Waals surface area contributed by atoms with Crippen molar-refractivity contribution in [2.45, 2.75) is 44.2 Å². The van der Waals surface area contributed by atoms with Crippen LogP contribution in [-0.2, 0) is 4.79 Å². The van der Waals surface area contributed by atoms with Gasteiger partial charge in [0.15, 0.2) is 0 Å². The summed E-state index contributed by atoms with van der Waals surface area (Å²) in [7, 11) is 3.89. The van der Waals surface area contributed by atoms with Crippen molar-refractivity contribution < 1.29 is 9.90 Å². The molecule has 1 aliphatic carbocycles. The number of carbonyl (C=O) groups is 1. The summed E-state index contributed by atoms with van der Waals surface area (Å²) < 4.78 is 0. The number of nitrogens with zero attached hydrogens (tertiary/aromatic N) is 1. The maximum absolute atomic E-state index is 11.5. The largest absolute Gasteiger partial charge is 0.391 e. The van der Waals surface area contributed by atoms with Gasteiger partial charge in [-0.1, -0.05) is 12.8 Å². The molecule has 1 fully saturated rings. The van der Waals surface area contributed by atoms with Crippen molar-refractivity contribution in [1.82, 2.24) is 10.2 Å².